The molecule has 2 heterocycles. The molecule has 1 atom stereocenters. The summed E-state index contributed by atoms with van der Waals surface area (Å²) in [5.41, 5.74) is 2.83. The van der Waals surface area contributed by atoms with Crippen LogP contribution >= 0.6 is 0 Å². The number of fused-ring (bicyclic) bond motifs is 1. The third-order valence-corrected chi connectivity index (χ3v) is 5.83. The molecule has 170 valence electrons. The normalized spacial score (nSPS) is 15.3. The van der Waals surface area contributed by atoms with Crippen molar-refractivity contribution in [3.05, 3.63) is 59.0 Å². The summed E-state index contributed by atoms with van der Waals surface area (Å²) < 4.78 is 46.7. The minimum atomic E-state index is -2.86. The van der Waals surface area contributed by atoms with Crippen molar-refractivity contribution < 1.29 is 17.9 Å². The predicted molar refractivity (Wildman–Crippen MR) is 122 cm³/mol. The van der Waals surface area contributed by atoms with Gasteiger partial charge in [-0.2, -0.15) is 0 Å². The van der Waals surface area contributed by atoms with Gasteiger partial charge in [0.05, 0.1) is 18.7 Å². The Hall–Kier alpha value is -3.00. The number of piperazine rings is 1. The number of pyridine rings is 1. The summed E-state index contributed by atoms with van der Waals surface area (Å²) in [5, 5.41) is 7.50. The van der Waals surface area contributed by atoms with Gasteiger partial charge in [-0.05, 0) is 26.0 Å². The number of alkyl halides is 2. The average Bonchev–Trinajstić information content (AvgIpc) is 2.79. The molecule has 32 heavy (non-hydrogen) atoms. The molecule has 0 aliphatic carbocycles. The van der Waals surface area contributed by atoms with Gasteiger partial charge >= 0.3 is 0 Å². The van der Waals surface area contributed by atoms with E-state index in [4.69, 9.17) is 4.74 Å². The van der Waals surface area contributed by atoms with Crippen molar-refractivity contribution in [3.8, 4) is 5.75 Å². The SMILES string of the molecule is COc1cc(N2CCNCC2)cc2c(NC(C)c3cccc(C(F)F)c3F)cc(C)nc12. The van der Waals surface area contributed by atoms with E-state index in [1.54, 1.807) is 14.0 Å². The van der Waals surface area contributed by atoms with Crippen LogP contribution in [-0.4, -0.2) is 38.3 Å². The maximum atomic E-state index is 14.7. The first kappa shape index (κ1) is 22.2. The van der Waals surface area contributed by atoms with Crippen molar-refractivity contribution in [2.24, 2.45) is 0 Å². The van der Waals surface area contributed by atoms with Gasteiger partial charge in [0.1, 0.15) is 17.1 Å². The molecule has 3 aromatic rings. The number of rotatable bonds is 6. The zero-order valence-corrected chi connectivity index (χ0v) is 18.4. The number of aromatic nitrogens is 1. The van der Waals surface area contributed by atoms with Crippen molar-refractivity contribution in [2.75, 3.05) is 43.5 Å². The van der Waals surface area contributed by atoms with Crippen LogP contribution in [0.15, 0.2) is 36.4 Å². The number of ether oxygens (including phenoxy) is 1. The number of nitrogens with one attached hydrogen (secondary N) is 2. The smallest absolute Gasteiger partial charge is 0.266 e. The van der Waals surface area contributed by atoms with Crippen LogP contribution in [0, 0.1) is 12.7 Å². The highest BCUT2D eigenvalue weighted by Gasteiger charge is 2.21. The van der Waals surface area contributed by atoms with Gasteiger partial charge in [-0.1, -0.05) is 18.2 Å². The monoisotopic (exact) mass is 444 g/mol. The molecule has 2 N–H and O–H groups in total. The molecule has 4 rings (SSSR count). The molecule has 1 aliphatic heterocycles. The highest BCUT2D eigenvalue weighted by Crippen LogP contribution is 2.37. The third-order valence-electron chi connectivity index (χ3n) is 5.83. The number of nitrogens with zero attached hydrogens (tertiary/aromatic N) is 2. The van der Waals surface area contributed by atoms with Crippen LogP contribution in [0.25, 0.3) is 10.9 Å². The summed E-state index contributed by atoms with van der Waals surface area (Å²) in [5.74, 6) is -0.224. The van der Waals surface area contributed by atoms with Gasteiger partial charge in [-0.3, -0.25) is 0 Å². The molecule has 2 aromatic carbocycles. The molecule has 0 radical (unpaired) electrons. The number of halogens is 3. The zero-order valence-electron chi connectivity index (χ0n) is 18.4. The topological polar surface area (TPSA) is 49.4 Å². The molecule has 1 aromatic heterocycles. The lowest BCUT2D eigenvalue weighted by atomic mass is 10.0. The van der Waals surface area contributed by atoms with E-state index < -0.39 is 23.8 Å². The second-order valence-electron chi connectivity index (χ2n) is 8.01. The predicted octanol–water partition coefficient (Wildman–Crippen LogP) is 5.21. The molecule has 1 unspecified atom stereocenters. The van der Waals surface area contributed by atoms with E-state index in [0.29, 0.717) is 11.3 Å². The highest BCUT2D eigenvalue weighted by molar-refractivity contribution is 5.98. The highest BCUT2D eigenvalue weighted by atomic mass is 19.3. The van der Waals surface area contributed by atoms with Crippen LogP contribution in [-0.2, 0) is 0 Å². The summed E-state index contributed by atoms with van der Waals surface area (Å²) in [6.07, 6.45) is -2.86. The number of hydrogen-bond donors (Lipinski definition) is 2. The molecule has 1 fully saturated rings. The van der Waals surface area contributed by atoms with E-state index in [1.165, 1.54) is 12.1 Å². The summed E-state index contributed by atoms with van der Waals surface area (Å²) >= 11 is 0. The minimum absolute atomic E-state index is 0.190. The van der Waals surface area contributed by atoms with Gasteiger partial charge in [-0.25, -0.2) is 18.2 Å². The Morgan fingerprint density at radius 3 is 2.53 bits per heavy atom. The van der Waals surface area contributed by atoms with E-state index in [-0.39, 0.29) is 5.56 Å². The number of anilines is 2. The first-order valence-corrected chi connectivity index (χ1v) is 10.7. The number of benzene rings is 2. The Kier molecular flexibility index (Phi) is 6.41. The van der Waals surface area contributed by atoms with Crippen molar-refractivity contribution in [1.29, 1.82) is 0 Å². The van der Waals surface area contributed by atoms with Crippen molar-refractivity contribution in [3.63, 3.8) is 0 Å². The van der Waals surface area contributed by atoms with Gasteiger partial charge < -0.3 is 20.3 Å². The Morgan fingerprint density at radius 2 is 1.84 bits per heavy atom. The van der Waals surface area contributed by atoms with Crippen LogP contribution in [0.5, 0.6) is 5.75 Å². The number of aryl methyl sites for hydroxylation is 1. The lowest BCUT2D eigenvalue weighted by Crippen LogP contribution is -2.43. The van der Waals surface area contributed by atoms with Crippen LogP contribution in [0.4, 0.5) is 24.5 Å². The summed E-state index contributed by atoms with van der Waals surface area (Å²) in [4.78, 5) is 6.93. The molecule has 8 heteroatoms. The zero-order chi connectivity index (χ0) is 22.8. The van der Waals surface area contributed by atoms with Crippen LogP contribution in [0.3, 0.4) is 0 Å². The standard InChI is InChI=1S/C24H27F3N4O/c1-14-11-20(30-15(2)17-5-4-6-18(22(17)25)24(26)27)19-12-16(31-9-7-28-8-10-31)13-21(32-3)23(19)29-14/h4-6,11-13,15,24,28H,7-10H2,1-3H3,(H,29,30). The van der Waals surface area contributed by atoms with E-state index >= 15 is 0 Å². The van der Waals surface area contributed by atoms with Crippen molar-refractivity contribution >= 4 is 22.3 Å². The maximum Gasteiger partial charge on any atom is 0.266 e. The Balaban J connectivity index is 1.77. The van der Waals surface area contributed by atoms with Gasteiger partial charge in [0, 0.05) is 60.3 Å². The summed E-state index contributed by atoms with van der Waals surface area (Å²) in [7, 11) is 1.61. The van der Waals surface area contributed by atoms with Gasteiger partial charge in [0.15, 0.2) is 0 Å². The van der Waals surface area contributed by atoms with E-state index in [0.717, 1.165) is 54.7 Å². The quantitative estimate of drug-likeness (QED) is 0.547. The maximum absolute atomic E-state index is 14.7. The van der Waals surface area contributed by atoms with E-state index in [9.17, 15) is 13.2 Å². The lowest BCUT2D eigenvalue weighted by molar-refractivity contribution is 0.146. The number of hydrogen-bond acceptors (Lipinski definition) is 5. The van der Waals surface area contributed by atoms with Crippen LogP contribution in [0.2, 0.25) is 0 Å². The van der Waals surface area contributed by atoms with E-state index in [1.807, 2.05) is 19.1 Å². The molecule has 1 aliphatic rings. The van der Waals surface area contributed by atoms with E-state index in [2.05, 4.69) is 26.6 Å². The number of methoxy groups -OCH3 is 1. The molecule has 0 bridgehead atoms. The lowest BCUT2D eigenvalue weighted by Gasteiger charge is -2.30. The molecular weight excluding hydrogens is 417 g/mol. The largest absolute Gasteiger partial charge is 0.494 e. The third kappa shape index (κ3) is 4.32. The fraction of sp³-hybridized carbons (Fsp3) is 0.375. The van der Waals surface area contributed by atoms with Gasteiger partial charge in [0.25, 0.3) is 6.43 Å². The first-order valence-electron chi connectivity index (χ1n) is 10.7. The average molecular weight is 445 g/mol. The van der Waals surface area contributed by atoms with Crippen LogP contribution in [0.1, 0.15) is 36.2 Å². The second kappa shape index (κ2) is 9.24. The van der Waals surface area contributed by atoms with Crippen molar-refractivity contribution in [1.82, 2.24) is 10.3 Å². The summed E-state index contributed by atoms with van der Waals surface area (Å²) in [6.45, 7) is 7.17. The molecule has 0 spiro atoms. The van der Waals surface area contributed by atoms with Gasteiger partial charge in [0.2, 0.25) is 0 Å². The Bertz CT molecular complexity index is 1120. The molecule has 5 nitrogen and oxygen atoms in total. The Morgan fingerprint density at radius 1 is 1.12 bits per heavy atom. The second-order valence-corrected chi connectivity index (χ2v) is 8.01. The van der Waals surface area contributed by atoms with Crippen LogP contribution < -0.4 is 20.3 Å². The Labute approximate surface area is 185 Å². The molecule has 0 amide bonds. The van der Waals surface area contributed by atoms with Gasteiger partial charge in [-0.15, -0.1) is 0 Å². The molecule has 0 saturated carbocycles. The summed E-state index contributed by atoms with van der Waals surface area (Å²) in [6, 6.07) is 9.49. The fourth-order valence-electron chi connectivity index (χ4n) is 4.17. The minimum Gasteiger partial charge on any atom is -0.494 e. The molecule has 1 saturated heterocycles. The first-order chi connectivity index (χ1) is 15.4. The molecular formula is C24H27F3N4O. The van der Waals surface area contributed by atoms with Crippen molar-refractivity contribution in [2.45, 2.75) is 26.3 Å². The fourth-order valence-corrected chi connectivity index (χ4v) is 4.17.